The Kier molecular flexibility index (Phi) is 8.70. The number of hydrogen-bond donors (Lipinski definition) is 1. The second-order valence-electron chi connectivity index (χ2n) is 12.0. The van der Waals surface area contributed by atoms with Gasteiger partial charge in [0.25, 0.3) is 0 Å². The summed E-state index contributed by atoms with van der Waals surface area (Å²) in [6, 6.07) is 14.7. The smallest absolute Gasteiger partial charge is 0.349 e. The van der Waals surface area contributed by atoms with Gasteiger partial charge in [-0.2, -0.15) is 0 Å². The van der Waals surface area contributed by atoms with Crippen LogP contribution in [-0.2, 0) is 30.0 Å². The van der Waals surface area contributed by atoms with Crippen LogP contribution in [0.2, 0.25) is 0 Å². The van der Waals surface area contributed by atoms with Gasteiger partial charge in [0.2, 0.25) is 0 Å². The second-order valence-corrected chi connectivity index (χ2v) is 14.0. The summed E-state index contributed by atoms with van der Waals surface area (Å²) in [6.07, 6.45) is 4.24. The Morgan fingerprint density at radius 1 is 0.889 bits per heavy atom. The molecule has 2 aromatic rings. The van der Waals surface area contributed by atoms with Crippen LogP contribution in [0, 0.1) is 0 Å². The summed E-state index contributed by atoms with van der Waals surface area (Å²) in [5.74, 6) is 0.344. The van der Waals surface area contributed by atoms with Gasteiger partial charge in [-0.15, -0.1) is 0 Å². The van der Waals surface area contributed by atoms with Crippen LogP contribution >= 0.6 is 7.60 Å². The number of benzene rings is 2. The fourth-order valence-corrected chi connectivity index (χ4v) is 7.30. The maximum atomic E-state index is 14.0. The van der Waals surface area contributed by atoms with Crippen molar-refractivity contribution in [3.05, 3.63) is 59.2 Å². The molecule has 1 saturated carbocycles. The van der Waals surface area contributed by atoms with Crippen molar-refractivity contribution in [2.45, 2.75) is 97.4 Å². The second kappa shape index (κ2) is 10.9. The van der Waals surface area contributed by atoms with E-state index in [0.717, 1.165) is 42.5 Å². The van der Waals surface area contributed by atoms with E-state index in [1.165, 1.54) is 5.56 Å². The van der Waals surface area contributed by atoms with Crippen LogP contribution in [0.25, 0.3) is 0 Å². The maximum Gasteiger partial charge on any atom is 0.349 e. The zero-order valence-electron chi connectivity index (χ0n) is 23.6. The molecule has 200 valence electrons. The van der Waals surface area contributed by atoms with E-state index in [2.05, 4.69) is 82.8 Å². The predicted molar refractivity (Wildman–Crippen MR) is 150 cm³/mol. The quantitative estimate of drug-likeness (QED) is 0.339. The van der Waals surface area contributed by atoms with E-state index >= 15 is 0 Å². The molecule has 0 radical (unpaired) electrons. The lowest BCUT2D eigenvalue weighted by atomic mass is 9.78. The van der Waals surface area contributed by atoms with Gasteiger partial charge in [-0.3, -0.25) is 4.57 Å². The Hall–Kier alpha value is -1.81. The average molecular weight is 516 g/mol. The molecular formula is C30H46NO4P. The standard InChI is InChI=1S/C30H46NO4P/c1-9-34-36(33,35-10-2)22-31(30(18-14-15-19-30)23-16-12-11-13-17-23)24-20-25(28(3,4)5)27(32)26(21-24)29(6,7)8/h11-13,16-17,20-21,32H,9-10,14-15,18-19,22H2,1-8H3. The SMILES string of the molecule is CCOP(=O)(CN(c1cc(C(C)(C)C)c(O)c(C(C)(C)C)c1)C1(c2ccccc2)CCCC1)OCC. The molecule has 1 N–H and O–H groups in total. The first-order valence-corrected chi connectivity index (χ1v) is 15.1. The number of hydrogen-bond acceptors (Lipinski definition) is 5. The third kappa shape index (κ3) is 6.01. The van der Waals surface area contributed by atoms with Crippen molar-refractivity contribution in [2.75, 3.05) is 24.4 Å². The van der Waals surface area contributed by atoms with E-state index in [-0.39, 0.29) is 22.7 Å². The summed E-state index contributed by atoms with van der Waals surface area (Å²) < 4.78 is 25.7. The van der Waals surface area contributed by atoms with Crippen molar-refractivity contribution >= 4 is 13.3 Å². The minimum absolute atomic E-state index is 0.154. The molecule has 0 unspecified atom stereocenters. The van der Waals surface area contributed by atoms with Gasteiger partial charge in [0, 0.05) is 16.8 Å². The third-order valence-electron chi connectivity index (χ3n) is 7.25. The molecule has 0 aromatic heterocycles. The molecule has 36 heavy (non-hydrogen) atoms. The van der Waals surface area contributed by atoms with E-state index in [9.17, 15) is 9.67 Å². The highest BCUT2D eigenvalue weighted by Crippen LogP contribution is 2.56. The third-order valence-corrected chi connectivity index (χ3v) is 9.18. The van der Waals surface area contributed by atoms with Gasteiger partial charge in [0.05, 0.1) is 18.8 Å². The van der Waals surface area contributed by atoms with E-state index in [1.54, 1.807) is 0 Å². The van der Waals surface area contributed by atoms with Crippen LogP contribution in [0.3, 0.4) is 0 Å². The Morgan fingerprint density at radius 2 is 1.36 bits per heavy atom. The van der Waals surface area contributed by atoms with Crippen LogP contribution in [0.5, 0.6) is 5.75 Å². The van der Waals surface area contributed by atoms with Crippen molar-refractivity contribution in [1.82, 2.24) is 0 Å². The summed E-state index contributed by atoms with van der Waals surface area (Å²) >= 11 is 0. The first-order valence-electron chi connectivity index (χ1n) is 13.4. The fourth-order valence-electron chi connectivity index (χ4n) is 5.49. The van der Waals surface area contributed by atoms with Gasteiger partial charge >= 0.3 is 7.60 Å². The molecular weight excluding hydrogens is 469 g/mol. The Morgan fingerprint density at radius 3 is 1.78 bits per heavy atom. The zero-order chi connectivity index (χ0) is 26.8. The molecule has 0 spiro atoms. The first-order chi connectivity index (χ1) is 16.8. The predicted octanol–water partition coefficient (Wildman–Crippen LogP) is 8.49. The molecule has 1 aliphatic rings. The van der Waals surface area contributed by atoms with Crippen LogP contribution in [0.4, 0.5) is 5.69 Å². The van der Waals surface area contributed by atoms with Crippen LogP contribution in [-0.4, -0.2) is 24.6 Å². The molecule has 5 nitrogen and oxygen atoms in total. The van der Waals surface area contributed by atoms with Crippen molar-refractivity contribution in [3.63, 3.8) is 0 Å². The van der Waals surface area contributed by atoms with Gasteiger partial charge in [-0.25, -0.2) is 0 Å². The molecule has 6 heteroatoms. The highest BCUT2D eigenvalue weighted by molar-refractivity contribution is 7.54. The Balaban J connectivity index is 2.34. The van der Waals surface area contributed by atoms with Crippen molar-refractivity contribution < 1.29 is 18.7 Å². The monoisotopic (exact) mass is 515 g/mol. The first kappa shape index (κ1) is 28.8. The molecule has 0 heterocycles. The zero-order valence-corrected chi connectivity index (χ0v) is 24.5. The summed E-state index contributed by atoms with van der Waals surface area (Å²) in [7, 11) is -3.42. The van der Waals surface area contributed by atoms with E-state index in [4.69, 9.17) is 9.05 Å². The van der Waals surface area contributed by atoms with Gasteiger partial charge < -0.3 is 19.1 Å². The molecule has 0 bridgehead atoms. The number of phenols is 1. The van der Waals surface area contributed by atoms with Crippen LogP contribution in [0.15, 0.2) is 42.5 Å². The summed E-state index contributed by atoms with van der Waals surface area (Å²) in [4.78, 5) is 2.28. The minimum Gasteiger partial charge on any atom is -0.507 e. The molecule has 0 saturated heterocycles. The fraction of sp³-hybridized carbons (Fsp3) is 0.600. The summed E-state index contributed by atoms with van der Waals surface area (Å²) in [6.45, 7) is 17.1. The lowest BCUT2D eigenvalue weighted by Gasteiger charge is -2.45. The number of rotatable bonds is 9. The van der Waals surface area contributed by atoms with E-state index in [0.29, 0.717) is 19.0 Å². The van der Waals surface area contributed by atoms with Gasteiger partial charge in [-0.1, -0.05) is 84.7 Å². The van der Waals surface area contributed by atoms with Gasteiger partial charge in [-0.05, 0) is 55.2 Å². The largest absolute Gasteiger partial charge is 0.507 e. The van der Waals surface area contributed by atoms with Gasteiger partial charge in [0.15, 0.2) is 0 Å². The Bertz CT molecular complexity index is 1020. The molecule has 1 aliphatic carbocycles. The molecule has 2 aromatic carbocycles. The summed E-state index contributed by atoms with van der Waals surface area (Å²) in [5, 5.41) is 11.4. The molecule has 0 aliphatic heterocycles. The molecule has 1 fully saturated rings. The topological polar surface area (TPSA) is 59.0 Å². The number of aromatic hydroxyl groups is 1. The van der Waals surface area contributed by atoms with Crippen LogP contribution < -0.4 is 4.90 Å². The Labute approximate surface area is 218 Å². The average Bonchev–Trinajstić information content (AvgIpc) is 3.28. The highest BCUT2D eigenvalue weighted by atomic mass is 31.2. The minimum atomic E-state index is -3.42. The number of phenolic OH excluding ortho intramolecular Hbond substituents is 1. The summed E-state index contributed by atoms with van der Waals surface area (Å²) in [5.41, 5.74) is 3.05. The van der Waals surface area contributed by atoms with Crippen molar-refractivity contribution in [2.24, 2.45) is 0 Å². The number of anilines is 1. The van der Waals surface area contributed by atoms with Crippen molar-refractivity contribution in [3.8, 4) is 5.75 Å². The molecule has 0 atom stereocenters. The molecule has 0 amide bonds. The highest BCUT2D eigenvalue weighted by Gasteiger charge is 2.45. The van der Waals surface area contributed by atoms with Gasteiger partial charge in [0.1, 0.15) is 12.0 Å². The van der Waals surface area contributed by atoms with Crippen molar-refractivity contribution in [1.29, 1.82) is 0 Å². The molecule has 3 rings (SSSR count). The number of nitrogens with zero attached hydrogens (tertiary/aromatic N) is 1. The van der Waals surface area contributed by atoms with Crippen LogP contribution in [0.1, 0.15) is 97.8 Å². The lowest BCUT2D eigenvalue weighted by Crippen LogP contribution is -2.45. The normalized spacial score (nSPS) is 16.3. The van der Waals surface area contributed by atoms with E-state index in [1.807, 2.05) is 19.9 Å². The van der Waals surface area contributed by atoms with E-state index < -0.39 is 7.60 Å². The maximum absolute atomic E-state index is 14.0. The lowest BCUT2D eigenvalue weighted by molar-refractivity contribution is 0.217.